The van der Waals surface area contributed by atoms with Crippen LogP contribution in [-0.4, -0.2) is 16.9 Å². The quantitative estimate of drug-likeness (QED) is 0.670. The summed E-state index contributed by atoms with van der Waals surface area (Å²) in [5, 5.41) is 8.51. The molecule has 0 aliphatic carbocycles. The van der Waals surface area contributed by atoms with Gasteiger partial charge in [-0.2, -0.15) is 5.10 Å². The molecule has 0 aliphatic heterocycles. The highest BCUT2D eigenvalue weighted by Gasteiger charge is 2.13. The van der Waals surface area contributed by atoms with Crippen LogP contribution in [0.3, 0.4) is 0 Å². The summed E-state index contributed by atoms with van der Waals surface area (Å²) >= 11 is 6.50. The maximum atomic E-state index is 13.0. The largest absolute Gasteiger partial charge is 0.497 e. The van der Waals surface area contributed by atoms with Crippen LogP contribution in [0, 0.1) is 12.7 Å². The molecule has 0 saturated heterocycles. The third-order valence-corrected chi connectivity index (χ3v) is 4.64. The Morgan fingerprint density at radius 2 is 1.69 bits per heavy atom. The summed E-state index contributed by atoms with van der Waals surface area (Å²) in [5.74, 6) is 0.592. The van der Waals surface area contributed by atoms with Crippen LogP contribution in [0.5, 0.6) is 5.75 Å². The first-order chi connectivity index (χ1) is 12.6. The Labute approximate surface area is 157 Å². The molecule has 3 aromatic rings. The van der Waals surface area contributed by atoms with E-state index in [0.717, 1.165) is 29.1 Å². The molecule has 0 fully saturated rings. The Kier molecular flexibility index (Phi) is 5.91. The molecule has 1 heterocycles. The third-order valence-electron chi connectivity index (χ3n) is 4.22. The van der Waals surface area contributed by atoms with E-state index in [1.807, 2.05) is 31.2 Å². The van der Waals surface area contributed by atoms with Crippen molar-refractivity contribution in [2.24, 2.45) is 0 Å². The normalized spacial score (nSPS) is 10.9. The van der Waals surface area contributed by atoms with Gasteiger partial charge in [0.15, 0.2) is 0 Å². The molecule has 136 valence electrons. The van der Waals surface area contributed by atoms with Gasteiger partial charge in [-0.05, 0) is 42.3 Å². The molecule has 0 saturated carbocycles. The smallest absolute Gasteiger partial charge is 0.132 e. The van der Waals surface area contributed by atoms with Crippen molar-refractivity contribution < 1.29 is 9.13 Å². The summed E-state index contributed by atoms with van der Waals surface area (Å²) < 4.78 is 19.9. The number of methoxy groups -OCH3 is 1. The van der Waals surface area contributed by atoms with Crippen LogP contribution >= 0.6 is 11.6 Å². The summed E-state index contributed by atoms with van der Waals surface area (Å²) in [6.07, 6.45) is 0. The van der Waals surface area contributed by atoms with Gasteiger partial charge in [-0.3, -0.25) is 0 Å². The van der Waals surface area contributed by atoms with Crippen molar-refractivity contribution in [1.82, 2.24) is 15.1 Å². The molecule has 0 amide bonds. The maximum Gasteiger partial charge on any atom is 0.132 e. The zero-order valence-corrected chi connectivity index (χ0v) is 15.6. The average molecular weight is 374 g/mol. The zero-order chi connectivity index (χ0) is 18.5. The standard InChI is InChI=1S/C20H21ClFN3O/c1-14-19(12-23-11-15-5-9-18(26-2)10-6-15)20(21)25(24-14)13-16-3-7-17(22)8-4-16/h3-10,23H,11-13H2,1-2H3. The second-order valence-corrected chi connectivity index (χ2v) is 6.45. The van der Waals surface area contributed by atoms with Crippen molar-refractivity contribution in [3.8, 4) is 5.75 Å². The number of hydrogen-bond donors (Lipinski definition) is 1. The van der Waals surface area contributed by atoms with Gasteiger partial charge in [-0.25, -0.2) is 9.07 Å². The second-order valence-electron chi connectivity index (χ2n) is 6.09. The molecule has 0 bridgehead atoms. The van der Waals surface area contributed by atoms with E-state index in [2.05, 4.69) is 10.4 Å². The third kappa shape index (κ3) is 4.42. The summed E-state index contributed by atoms with van der Waals surface area (Å²) in [5.41, 5.74) is 3.98. The molecule has 0 unspecified atom stereocenters. The van der Waals surface area contributed by atoms with Crippen LogP contribution < -0.4 is 10.1 Å². The minimum absolute atomic E-state index is 0.250. The van der Waals surface area contributed by atoms with Gasteiger partial charge in [0.05, 0.1) is 19.3 Å². The topological polar surface area (TPSA) is 39.1 Å². The van der Waals surface area contributed by atoms with Crippen LogP contribution in [-0.2, 0) is 19.6 Å². The summed E-state index contributed by atoms with van der Waals surface area (Å²) in [6.45, 7) is 3.80. The van der Waals surface area contributed by atoms with E-state index in [4.69, 9.17) is 16.3 Å². The average Bonchev–Trinajstić information content (AvgIpc) is 2.91. The highest BCUT2D eigenvalue weighted by Crippen LogP contribution is 2.21. The molecular formula is C20H21ClFN3O. The Morgan fingerprint density at radius 1 is 1.04 bits per heavy atom. The van der Waals surface area contributed by atoms with Gasteiger partial charge < -0.3 is 10.1 Å². The number of nitrogens with one attached hydrogen (secondary N) is 1. The first-order valence-electron chi connectivity index (χ1n) is 8.36. The lowest BCUT2D eigenvalue weighted by atomic mass is 10.2. The molecular weight excluding hydrogens is 353 g/mol. The molecule has 0 atom stereocenters. The van der Waals surface area contributed by atoms with E-state index in [-0.39, 0.29) is 5.82 Å². The van der Waals surface area contributed by atoms with Crippen molar-refractivity contribution in [2.45, 2.75) is 26.6 Å². The Balaban J connectivity index is 1.62. The first kappa shape index (κ1) is 18.4. The van der Waals surface area contributed by atoms with Crippen LogP contribution in [0.4, 0.5) is 4.39 Å². The van der Waals surface area contributed by atoms with Crippen molar-refractivity contribution >= 4 is 11.6 Å². The fraction of sp³-hybridized carbons (Fsp3) is 0.250. The molecule has 4 nitrogen and oxygen atoms in total. The number of nitrogens with zero attached hydrogens (tertiary/aromatic N) is 2. The molecule has 1 N–H and O–H groups in total. The van der Waals surface area contributed by atoms with Crippen molar-refractivity contribution in [2.75, 3.05) is 7.11 Å². The number of benzene rings is 2. The molecule has 26 heavy (non-hydrogen) atoms. The second kappa shape index (κ2) is 8.34. The highest BCUT2D eigenvalue weighted by atomic mass is 35.5. The van der Waals surface area contributed by atoms with E-state index in [1.54, 1.807) is 23.9 Å². The number of halogens is 2. The molecule has 6 heteroatoms. The van der Waals surface area contributed by atoms with Gasteiger partial charge in [0.2, 0.25) is 0 Å². The van der Waals surface area contributed by atoms with Gasteiger partial charge >= 0.3 is 0 Å². The number of hydrogen-bond acceptors (Lipinski definition) is 3. The van der Waals surface area contributed by atoms with Crippen molar-refractivity contribution in [1.29, 1.82) is 0 Å². The molecule has 2 aromatic carbocycles. The lowest BCUT2D eigenvalue weighted by Gasteiger charge is -2.07. The van der Waals surface area contributed by atoms with Crippen molar-refractivity contribution in [3.05, 3.63) is 81.9 Å². The minimum atomic E-state index is -0.250. The van der Waals surface area contributed by atoms with E-state index >= 15 is 0 Å². The number of aromatic nitrogens is 2. The molecule has 0 aliphatic rings. The van der Waals surface area contributed by atoms with E-state index in [0.29, 0.717) is 18.2 Å². The number of ether oxygens (including phenoxy) is 1. The van der Waals surface area contributed by atoms with Gasteiger partial charge in [0.1, 0.15) is 16.7 Å². The Morgan fingerprint density at radius 3 is 2.35 bits per heavy atom. The summed E-state index contributed by atoms with van der Waals surface area (Å²) in [7, 11) is 1.65. The highest BCUT2D eigenvalue weighted by molar-refractivity contribution is 6.30. The van der Waals surface area contributed by atoms with Gasteiger partial charge in [0.25, 0.3) is 0 Å². The maximum absolute atomic E-state index is 13.0. The Hall–Kier alpha value is -2.37. The zero-order valence-electron chi connectivity index (χ0n) is 14.8. The van der Waals surface area contributed by atoms with E-state index in [1.165, 1.54) is 17.7 Å². The Bertz CT molecular complexity index is 860. The SMILES string of the molecule is COc1ccc(CNCc2c(C)nn(Cc3ccc(F)cc3)c2Cl)cc1. The lowest BCUT2D eigenvalue weighted by molar-refractivity contribution is 0.414. The van der Waals surface area contributed by atoms with Gasteiger partial charge in [-0.15, -0.1) is 0 Å². The van der Waals surface area contributed by atoms with Crippen LogP contribution in [0.2, 0.25) is 5.15 Å². The van der Waals surface area contributed by atoms with Crippen LogP contribution in [0.1, 0.15) is 22.4 Å². The van der Waals surface area contributed by atoms with Gasteiger partial charge in [-0.1, -0.05) is 35.9 Å². The summed E-state index contributed by atoms with van der Waals surface area (Å²) in [6, 6.07) is 14.3. The summed E-state index contributed by atoms with van der Waals surface area (Å²) in [4.78, 5) is 0. The molecule has 0 radical (unpaired) electrons. The van der Waals surface area contributed by atoms with E-state index < -0.39 is 0 Å². The van der Waals surface area contributed by atoms with Crippen molar-refractivity contribution in [3.63, 3.8) is 0 Å². The first-order valence-corrected chi connectivity index (χ1v) is 8.74. The fourth-order valence-electron chi connectivity index (χ4n) is 2.73. The number of rotatable bonds is 7. The predicted octanol–water partition coefficient (Wildman–Crippen LogP) is 4.33. The van der Waals surface area contributed by atoms with Gasteiger partial charge in [0, 0.05) is 18.7 Å². The monoisotopic (exact) mass is 373 g/mol. The fourth-order valence-corrected chi connectivity index (χ4v) is 3.04. The van der Waals surface area contributed by atoms with E-state index in [9.17, 15) is 4.39 Å². The van der Waals surface area contributed by atoms with Crippen LogP contribution in [0.15, 0.2) is 48.5 Å². The molecule has 0 spiro atoms. The molecule has 3 rings (SSSR count). The minimum Gasteiger partial charge on any atom is -0.497 e. The lowest BCUT2D eigenvalue weighted by Crippen LogP contribution is -2.13. The predicted molar refractivity (Wildman–Crippen MR) is 101 cm³/mol. The molecule has 1 aromatic heterocycles. The number of aryl methyl sites for hydroxylation is 1. The van der Waals surface area contributed by atoms with Crippen LogP contribution in [0.25, 0.3) is 0 Å².